The third kappa shape index (κ3) is 6.21. The topological polar surface area (TPSA) is 65.0 Å². The van der Waals surface area contributed by atoms with Crippen LogP contribution in [0.15, 0.2) is 46.1 Å². The Labute approximate surface area is 193 Å². The van der Waals surface area contributed by atoms with E-state index < -0.39 is 24.7 Å². The Hall–Kier alpha value is -1.69. The molecular weight excluding hydrogens is 404 g/mol. The lowest BCUT2D eigenvalue weighted by atomic mass is 9.71. The summed E-state index contributed by atoms with van der Waals surface area (Å²) in [5, 5.41) is 9.93. The number of rotatable bonds is 9. The molecule has 2 aliphatic heterocycles. The number of ether oxygens (including phenoxy) is 3. The summed E-state index contributed by atoms with van der Waals surface area (Å²) >= 11 is 0. The normalized spacial score (nSPS) is 28.5. The average Bonchev–Trinajstić information content (AvgIpc) is 3.06. The number of carbonyl (C=O) groups is 1. The van der Waals surface area contributed by atoms with Gasteiger partial charge in [0.2, 0.25) is 6.29 Å². The Morgan fingerprint density at radius 3 is 2.78 bits per heavy atom. The second kappa shape index (κ2) is 11.0. The van der Waals surface area contributed by atoms with Gasteiger partial charge in [-0.3, -0.25) is 0 Å². The molecule has 0 bridgehead atoms. The summed E-state index contributed by atoms with van der Waals surface area (Å²) in [5.74, 6) is -0.526. The van der Waals surface area contributed by atoms with Crippen molar-refractivity contribution < 1.29 is 24.1 Å². The van der Waals surface area contributed by atoms with Gasteiger partial charge in [-0.05, 0) is 83.1 Å². The second-order valence-electron chi connectivity index (χ2n) is 9.95. The monoisotopic (exact) mass is 444 g/mol. The molecule has 3 unspecified atom stereocenters. The van der Waals surface area contributed by atoms with Crippen LogP contribution in [0.25, 0.3) is 0 Å². The fraction of sp³-hybridized carbons (Fsp3) is 0.667. The third-order valence-corrected chi connectivity index (χ3v) is 7.05. The van der Waals surface area contributed by atoms with E-state index in [9.17, 15) is 9.90 Å². The van der Waals surface area contributed by atoms with Crippen molar-refractivity contribution in [2.24, 2.45) is 5.41 Å². The van der Waals surface area contributed by atoms with Crippen molar-refractivity contribution in [2.75, 3.05) is 6.61 Å². The van der Waals surface area contributed by atoms with Crippen molar-refractivity contribution in [2.45, 2.75) is 105 Å². The van der Waals surface area contributed by atoms with Gasteiger partial charge in [-0.1, -0.05) is 42.7 Å². The molecule has 1 N–H and O–H groups in total. The molecule has 0 aromatic carbocycles. The van der Waals surface area contributed by atoms with Gasteiger partial charge in [0.05, 0.1) is 6.10 Å². The predicted molar refractivity (Wildman–Crippen MR) is 126 cm³/mol. The van der Waals surface area contributed by atoms with Crippen LogP contribution in [-0.2, 0) is 19.0 Å². The molecule has 2 heterocycles. The first-order valence-corrected chi connectivity index (χ1v) is 12.1. The molecule has 3 rings (SSSR count). The fourth-order valence-corrected chi connectivity index (χ4v) is 5.19. The minimum absolute atomic E-state index is 0.339. The third-order valence-electron chi connectivity index (χ3n) is 7.05. The van der Waals surface area contributed by atoms with Gasteiger partial charge < -0.3 is 19.3 Å². The lowest BCUT2D eigenvalue weighted by Crippen LogP contribution is -2.34. The molecule has 3 aliphatic rings. The molecule has 0 fully saturated rings. The van der Waals surface area contributed by atoms with Crippen molar-refractivity contribution in [1.29, 1.82) is 0 Å². The molecule has 0 saturated carbocycles. The Balaban J connectivity index is 1.55. The summed E-state index contributed by atoms with van der Waals surface area (Å²) < 4.78 is 16.7. The zero-order valence-corrected chi connectivity index (χ0v) is 20.4. The van der Waals surface area contributed by atoms with Crippen molar-refractivity contribution >= 4 is 5.97 Å². The van der Waals surface area contributed by atoms with E-state index in [0.717, 1.165) is 31.3 Å². The predicted octanol–water partition coefficient (Wildman–Crippen LogP) is 5.90. The number of esters is 1. The van der Waals surface area contributed by atoms with Crippen LogP contribution < -0.4 is 0 Å². The maximum Gasteiger partial charge on any atom is 0.333 e. The number of hydrogen-bond donors (Lipinski definition) is 1. The zero-order chi connectivity index (χ0) is 23.3. The molecule has 1 aliphatic carbocycles. The highest BCUT2D eigenvalue weighted by molar-refractivity contribution is 5.85. The standard InChI is InChI=1S/C27H40O5/c1-6-30-26-20(13-15-23(31-26)21-17-24(28)32-25(21)29)11-7-9-18(2)12-14-22-19(3)10-8-16-27(22,4)5/h9,13,17,23,25-26,29H,6-8,10-12,14-16H2,1-5H3. The number of aliphatic hydroxyl groups is 1. The van der Waals surface area contributed by atoms with E-state index in [1.54, 1.807) is 11.1 Å². The van der Waals surface area contributed by atoms with E-state index in [-0.39, 0.29) is 0 Å². The maximum absolute atomic E-state index is 11.4. The second-order valence-corrected chi connectivity index (χ2v) is 9.95. The van der Waals surface area contributed by atoms with E-state index in [2.05, 4.69) is 39.8 Å². The molecule has 5 heteroatoms. The molecule has 0 radical (unpaired) electrons. The van der Waals surface area contributed by atoms with E-state index in [1.807, 2.05) is 6.92 Å². The van der Waals surface area contributed by atoms with Gasteiger partial charge in [0.1, 0.15) is 0 Å². The van der Waals surface area contributed by atoms with E-state index in [0.29, 0.717) is 24.0 Å². The fourth-order valence-electron chi connectivity index (χ4n) is 5.19. The highest BCUT2D eigenvalue weighted by Crippen LogP contribution is 2.42. The minimum Gasteiger partial charge on any atom is -0.429 e. The first kappa shape index (κ1) is 24.9. The summed E-state index contributed by atoms with van der Waals surface area (Å²) in [6, 6.07) is 0. The maximum atomic E-state index is 11.4. The van der Waals surface area contributed by atoms with Crippen molar-refractivity contribution in [3.63, 3.8) is 0 Å². The molecule has 5 nitrogen and oxygen atoms in total. The van der Waals surface area contributed by atoms with Gasteiger partial charge in [-0.25, -0.2) is 4.79 Å². The molecule has 178 valence electrons. The van der Waals surface area contributed by atoms with Crippen LogP contribution in [-0.4, -0.2) is 36.4 Å². The number of allylic oxidation sites excluding steroid dienone is 4. The molecule has 0 amide bonds. The average molecular weight is 445 g/mol. The van der Waals surface area contributed by atoms with Crippen LogP contribution in [0, 0.1) is 5.41 Å². The van der Waals surface area contributed by atoms with Gasteiger partial charge in [0.25, 0.3) is 0 Å². The van der Waals surface area contributed by atoms with Crippen LogP contribution in [0.2, 0.25) is 0 Å². The molecule has 32 heavy (non-hydrogen) atoms. The van der Waals surface area contributed by atoms with E-state index in [1.165, 1.54) is 30.9 Å². The summed E-state index contributed by atoms with van der Waals surface area (Å²) in [6.07, 6.45) is 12.3. The largest absolute Gasteiger partial charge is 0.429 e. The summed E-state index contributed by atoms with van der Waals surface area (Å²) in [7, 11) is 0. The van der Waals surface area contributed by atoms with Crippen molar-refractivity contribution in [3.05, 3.63) is 46.1 Å². The molecule has 0 saturated heterocycles. The zero-order valence-electron chi connectivity index (χ0n) is 20.4. The van der Waals surface area contributed by atoms with Crippen molar-refractivity contribution in [1.82, 2.24) is 0 Å². The van der Waals surface area contributed by atoms with Crippen molar-refractivity contribution in [3.8, 4) is 0 Å². The number of carbonyl (C=O) groups excluding carboxylic acids is 1. The lowest BCUT2D eigenvalue weighted by Gasteiger charge is -2.35. The Morgan fingerprint density at radius 2 is 2.12 bits per heavy atom. The smallest absolute Gasteiger partial charge is 0.333 e. The van der Waals surface area contributed by atoms with Crippen LogP contribution in [0.3, 0.4) is 0 Å². The summed E-state index contributed by atoms with van der Waals surface area (Å²) in [5.41, 5.74) is 6.63. The minimum atomic E-state index is -1.22. The highest BCUT2D eigenvalue weighted by atomic mass is 16.7. The molecule has 3 atom stereocenters. The number of hydrogen-bond acceptors (Lipinski definition) is 5. The Bertz CT molecular complexity index is 814. The molecule has 0 aromatic rings. The van der Waals surface area contributed by atoms with E-state index >= 15 is 0 Å². The van der Waals surface area contributed by atoms with Crippen LogP contribution in [0.4, 0.5) is 0 Å². The number of cyclic esters (lactones) is 1. The van der Waals surface area contributed by atoms with Gasteiger partial charge in [-0.15, -0.1) is 0 Å². The molecule has 0 spiro atoms. The van der Waals surface area contributed by atoms with Crippen LogP contribution in [0.1, 0.15) is 86.0 Å². The van der Waals surface area contributed by atoms with Gasteiger partial charge in [0.15, 0.2) is 6.29 Å². The first-order valence-electron chi connectivity index (χ1n) is 12.1. The SMILES string of the molecule is CCOC1OC(C2=CC(=O)OC2O)CC=C1CCC=C(C)CCC1=C(C)CCCC1(C)C. The van der Waals surface area contributed by atoms with Gasteiger partial charge >= 0.3 is 5.97 Å². The van der Waals surface area contributed by atoms with Gasteiger partial charge in [0, 0.05) is 18.3 Å². The van der Waals surface area contributed by atoms with E-state index in [4.69, 9.17) is 14.2 Å². The Morgan fingerprint density at radius 1 is 1.34 bits per heavy atom. The number of aliphatic hydroxyl groups excluding tert-OH is 1. The lowest BCUT2D eigenvalue weighted by molar-refractivity contribution is -0.161. The highest BCUT2D eigenvalue weighted by Gasteiger charge is 2.35. The van der Waals surface area contributed by atoms with Crippen LogP contribution >= 0.6 is 0 Å². The molecule has 0 aromatic heterocycles. The molecular formula is C27H40O5. The summed E-state index contributed by atoms with van der Waals surface area (Å²) in [6.45, 7) is 11.8. The summed E-state index contributed by atoms with van der Waals surface area (Å²) in [4.78, 5) is 11.4. The Kier molecular flexibility index (Phi) is 8.54. The quantitative estimate of drug-likeness (QED) is 0.354. The van der Waals surface area contributed by atoms with Crippen LogP contribution in [0.5, 0.6) is 0 Å². The first-order chi connectivity index (χ1) is 15.2. The van der Waals surface area contributed by atoms with Gasteiger partial charge in [-0.2, -0.15) is 0 Å².